The molecule has 0 aliphatic carbocycles. The van der Waals surface area contributed by atoms with E-state index in [1.54, 1.807) is 11.3 Å². The third kappa shape index (κ3) is 3.00. The van der Waals surface area contributed by atoms with Gasteiger partial charge < -0.3 is 4.90 Å². The number of carbonyl (C=O) groups is 1. The zero-order chi connectivity index (χ0) is 14.2. The van der Waals surface area contributed by atoms with Gasteiger partial charge in [-0.1, -0.05) is 0 Å². The lowest BCUT2D eigenvalue weighted by molar-refractivity contribution is -0.135. The lowest BCUT2D eigenvalue weighted by Gasteiger charge is -2.33. The molecule has 1 aromatic rings. The average molecular weight is 280 g/mol. The highest BCUT2D eigenvalue weighted by Gasteiger charge is 2.39. The van der Waals surface area contributed by atoms with Gasteiger partial charge in [0.05, 0.1) is 6.04 Å². The maximum Gasteiger partial charge on any atom is 0.240 e. The Morgan fingerprint density at radius 1 is 1.47 bits per heavy atom. The van der Waals surface area contributed by atoms with Crippen molar-refractivity contribution < 1.29 is 4.79 Å². The van der Waals surface area contributed by atoms with Crippen molar-refractivity contribution in [2.24, 2.45) is 0 Å². The van der Waals surface area contributed by atoms with Gasteiger partial charge in [0.15, 0.2) is 0 Å². The highest BCUT2D eigenvalue weighted by atomic mass is 32.1. The van der Waals surface area contributed by atoms with E-state index >= 15 is 0 Å². The van der Waals surface area contributed by atoms with Gasteiger partial charge in [0.25, 0.3) is 0 Å². The molecule has 106 valence electrons. The molecule has 1 saturated heterocycles. The van der Waals surface area contributed by atoms with Crippen LogP contribution in [0.2, 0.25) is 0 Å². The second kappa shape index (κ2) is 5.25. The van der Waals surface area contributed by atoms with E-state index in [9.17, 15) is 4.79 Å². The number of likely N-dealkylation sites (N-methyl/N-ethyl adjacent to an activating group) is 1. The average Bonchev–Trinajstić information content (AvgIpc) is 2.85. The van der Waals surface area contributed by atoms with Gasteiger partial charge >= 0.3 is 0 Å². The third-order valence-corrected chi connectivity index (χ3v) is 4.89. The van der Waals surface area contributed by atoms with Crippen LogP contribution in [-0.2, 0) is 11.3 Å². The number of nitrogens with zero attached hydrogens (tertiary/aromatic N) is 2. The number of carbonyl (C=O) groups excluding carboxylic acids is 1. The fourth-order valence-corrected chi connectivity index (χ4v) is 3.61. The Kier molecular flexibility index (Phi) is 4.02. The molecule has 0 bridgehead atoms. The van der Waals surface area contributed by atoms with Crippen molar-refractivity contribution >= 4 is 17.2 Å². The second-order valence-electron chi connectivity index (χ2n) is 6.41. The van der Waals surface area contributed by atoms with Crippen LogP contribution in [0.25, 0.3) is 0 Å². The zero-order valence-electron chi connectivity index (χ0n) is 12.6. The van der Waals surface area contributed by atoms with Crippen LogP contribution < -0.4 is 0 Å². The first-order chi connectivity index (χ1) is 8.80. The van der Waals surface area contributed by atoms with E-state index in [4.69, 9.17) is 0 Å². The molecule has 0 N–H and O–H groups in total. The van der Waals surface area contributed by atoms with E-state index in [0.29, 0.717) is 0 Å². The highest BCUT2D eigenvalue weighted by molar-refractivity contribution is 7.10. The van der Waals surface area contributed by atoms with E-state index in [0.717, 1.165) is 19.5 Å². The smallest absolute Gasteiger partial charge is 0.240 e. The lowest BCUT2D eigenvalue weighted by Crippen LogP contribution is -2.46. The molecule has 1 atom stereocenters. The fraction of sp³-hybridized carbons (Fsp3) is 0.667. The molecule has 2 rings (SSSR count). The van der Waals surface area contributed by atoms with Crippen molar-refractivity contribution in [1.82, 2.24) is 9.80 Å². The normalized spacial score (nSPS) is 20.6. The molecule has 1 aromatic heterocycles. The Morgan fingerprint density at radius 2 is 2.16 bits per heavy atom. The molecule has 1 unspecified atom stereocenters. The summed E-state index contributed by atoms with van der Waals surface area (Å²) in [5.41, 5.74) is 1.26. The number of likely N-dealkylation sites (tertiary alicyclic amines) is 1. The van der Waals surface area contributed by atoms with Gasteiger partial charge in [-0.3, -0.25) is 9.69 Å². The number of rotatable bonds is 3. The van der Waals surface area contributed by atoms with Crippen LogP contribution in [0, 0.1) is 6.92 Å². The lowest BCUT2D eigenvalue weighted by atomic mass is 10.1. The van der Waals surface area contributed by atoms with Crippen molar-refractivity contribution in [1.29, 1.82) is 0 Å². The van der Waals surface area contributed by atoms with E-state index in [1.807, 2.05) is 4.90 Å². The van der Waals surface area contributed by atoms with Crippen molar-refractivity contribution in [3.05, 3.63) is 21.9 Å². The number of amides is 1. The highest BCUT2D eigenvalue weighted by Crippen LogP contribution is 2.26. The molecular formula is C15H24N2OS. The SMILES string of the molecule is Cc1ccsc1CN(C)C1CCN(C(C)(C)C)C1=O. The minimum Gasteiger partial charge on any atom is -0.336 e. The molecule has 1 amide bonds. The summed E-state index contributed by atoms with van der Waals surface area (Å²) in [6.07, 6.45) is 0.941. The Balaban J connectivity index is 2.04. The van der Waals surface area contributed by atoms with Gasteiger partial charge in [0, 0.05) is 23.5 Å². The molecule has 3 nitrogen and oxygen atoms in total. The van der Waals surface area contributed by atoms with Crippen LogP contribution in [0.5, 0.6) is 0 Å². The van der Waals surface area contributed by atoms with Crippen molar-refractivity contribution in [2.75, 3.05) is 13.6 Å². The van der Waals surface area contributed by atoms with Crippen LogP contribution in [0.1, 0.15) is 37.6 Å². The standard InChI is InChI=1S/C15H24N2OS/c1-11-7-9-19-13(11)10-16(5)12-6-8-17(14(12)18)15(2,3)4/h7,9,12H,6,8,10H2,1-5H3. The quantitative estimate of drug-likeness (QED) is 0.850. The summed E-state index contributed by atoms with van der Waals surface area (Å²) < 4.78 is 0. The number of thiophene rings is 1. The van der Waals surface area contributed by atoms with E-state index in [-0.39, 0.29) is 17.5 Å². The van der Waals surface area contributed by atoms with Gasteiger partial charge in [-0.05, 0) is 58.2 Å². The topological polar surface area (TPSA) is 23.6 Å². The molecule has 0 spiro atoms. The fourth-order valence-electron chi connectivity index (χ4n) is 2.64. The summed E-state index contributed by atoms with van der Waals surface area (Å²) in [5.74, 6) is 0.282. The molecule has 19 heavy (non-hydrogen) atoms. The minimum atomic E-state index is -0.0640. The Hall–Kier alpha value is -0.870. The van der Waals surface area contributed by atoms with Gasteiger partial charge in [0.1, 0.15) is 0 Å². The summed E-state index contributed by atoms with van der Waals surface area (Å²) >= 11 is 1.78. The molecule has 1 aliphatic heterocycles. The van der Waals surface area contributed by atoms with Crippen LogP contribution in [0.4, 0.5) is 0 Å². The molecule has 4 heteroatoms. The number of hydrogen-bond donors (Lipinski definition) is 0. The van der Waals surface area contributed by atoms with E-state index < -0.39 is 0 Å². The van der Waals surface area contributed by atoms with Crippen LogP contribution >= 0.6 is 11.3 Å². The first kappa shape index (κ1) is 14.5. The molecule has 0 aromatic carbocycles. The monoisotopic (exact) mass is 280 g/mol. The summed E-state index contributed by atoms with van der Waals surface area (Å²) in [5, 5.41) is 2.12. The van der Waals surface area contributed by atoms with Gasteiger partial charge in [-0.15, -0.1) is 11.3 Å². The van der Waals surface area contributed by atoms with Crippen LogP contribution in [-0.4, -0.2) is 40.9 Å². The third-order valence-electron chi connectivity index (χ3n) is 3.88. The summed E-state index contributed by atoms with van der Waals surface area (Å²) in [6.45, 7) is 10.2. The van der Waals surface area contributed by atoms with Crippen molar-refractivity contribution in [3.63, 3.8) is 0 Å². The van der Waals surface area contributed by atoms with Crippen molar-refractivity contribution in [3.8, 4) is 0 Å². The Labute approximate surface area is 120 Å². The van der Waals surface area contributed by atoms with Crippen molar-refractivity contribution in [2.45, 2.75) is 52.2 Å². The molecule has 0 radical (unpaired) electrons. The predicted molar refractivity (Wildman–Crippen MR) is 80.4 cm³/mol. The summed E-state index contributed by atoms with van der Waals surface area (Å²) in [4.78, 5) is 18.1. The molecule has 1 fully saturated rings. The molecule has 2 heterocycles. The Bertz CT molecular complexity index is 461. The van der Waals surface area contributed by atoms with Gasteiger partial charge in [0.2, 0.25) is 5.91 Å². The summed E-state index contributed by atoms with van der Waals surface area (Å²) in [6, 6.07) is 2.19. The number of hydrogen-bond acceptors (Lipinski definition) is 3. The molecular weight excluding hydrogens is 256 g/mol. The second-order valence-corrected chi connectivity index (χ2v) is 7.41. The maximum atomic E-state index is 12.5. The molecule has 0 saturated carbocycles. The number of aryl methyl sites for hydroxylation is 1. The van der Waals surface area contributed by atoms with E-state index in [1.165, 1.54) is 10.4 Å². The van der Waals surface area contributed by atoms with Crippen LogP contribution in [0.15, 0.2) is 11.4 Å². The largest absolute Gasteiger partial charge is 0.336 e. The van der Waals surface area contributed by atoms with Crippen LogP contribution in [0.3, 0.4) is 0 Å². The maximum absolute atomic E-state index is 12.5. The minimum absolute atomic E-state index is 0.0423. The molecule has 1 aliphatic rings. The zero-order valence-corrected chi connectivity index (χ0v) is 13.4. The van der Waals surface area contributed by atoms with Gasteiger partial charge in [-0.2, -0.15) is 0 Å². The predicted octanol–water partition coefficient (Wildman–Crippen LogP) is 2.89. The first-order valence-corrected chi connectivity index (χ1v) is 7.73. The van der Waals surface area contributed by atoms with E-state index in [2.05, 4.69) is 51.1 Å². The summed E-state index contributed by atoms with van der Waals surface area (Å²) in [7, 11) is 2.06. The first-order valence-electron chi connectivity index (χ1n) is 6.85. The Morgan fingerprint density at radius 3 is 2.63 bits per heavy atom. The van der Waals surface area contributed by atoms with Gasteiger partial charge in [-0.25, -0.2) is 0 Å².